The molecule has 0 atom stereocenters. The average Bonchev–Trinajstić information content (AvgIpc) is 2.52. The van der Waals surface area contributed by atoms with Gasteiger partial charge in [0.25, 0.3) is 5.91 Å². The van der Waals surface area contributed by atoms with Gasteiger partial charge in [0, 0.05) is 0 Å². The van der Waals surface area contributed by atoms with Crippen molar-refractivity contribution in [3.05, 3.63) is 53.6 Å². The van der Waals surface area contributed by atoms with Gasteiger partial charge in [-0.1, -0.05) is 30.4 Å². The van der Waals surface area contributed by atoms with Crippen molar-refractivity contribution in [3.63, 3.8) is 0 Å². The van der Waals surface area contributed by atoms with Gasteiger partial charge < -0.3 is 14.8 Å². The van der Waals surface area contributed by atoms with E-state index in [1.807, 2.05) is 6.07 Å². The first kappa shape index (κ1) is 15.9. The number of rotatable bonds is 3. The normalized spacial score (nSPS) is 14.0. The molecule has 0 unspecified atom stereocenters. The van der Waals surface area contributed by atoms with Crippen LogP contribution in [0.4, 0.5) is 18.9 Å². The molecule has 124 valence electrons. The van der Waals surface area contributed by atoms with E-state index in [0.29, 0.717) is 17.0 Å². The summed E-state index contributed by atoms with van der Waals surface area (Å²) in [5.74, 6) is 0.109. The van der Waals surface area contributed by atoms with Crippen molar-refractivity contribution in [3.8, 4) is 11.5 Å². The Hall–Kier alpha value is -2.96. The van der Waals surface area contributed by atoms with Crippen LogP contribution in [0.1, 0.15) is 11.1 Å². The number of halogens is 3. The lowest BCUT2D eigenvalue weighted by molar-refractivity contribution is -0.274. The lowest BCUT2D eigenvalue weighted by atomic mass is 10.1. The number of fused-ring (bicyclic) bond motifs is 1. The fraction of sp³-hybridized carbons (Fsp3) is 0.118. The largest absolute Gasteiger partial charge is 0.573 e. The van der Waals surface area contributed by atoms with Crippen LogP contribution >= 0.6 is 0 Å². The van der Waals surface area contributed by atoms with E-state index in [-0.39, 0.29) is 18.3 Å². The summed E-state index contributed by atoms with van der Waals surface area (Å²) in [5.41, 5.74) is 2.11. The van der Waals surface area contributed by atoms with Crippen molar-refractivity contribution >= 4 is 23.7 Å². The summed E-state index contributed by atoms with van der Waals surface area (Å²) in [6.07, 6.45) is -1.18. The summed E-state index contributed by atoms with van der Waals surface area (Å²) in [5, 5.41) is 2.71. The maximum Gasteiger partial charge on any atom is 0.573 e. The summed E-state index contributed by atoms with van der Waals surface area (Å²) in [7, 11) is 0. The number of anilines is 1. The minimum absolute atomic E-state index is 0.00543. The predicted molar refractivity (Wildman–Crippen MR) is 82.6 cm³/mol. The molecule has 2 aromatic carbocycles. The van der Waals surface area contributed by atoms with Gasteiger partial charge in [-0.05, 0) is 35.4 Å². The van der Waals surface area contributed by atoms with E-state index < -0.39 is 6.36 Å². The summed E-state index contributed by atoms with van der Waals surface area (Å²) in [6, 6.07) is 10.8. The number of hydrogen-bond acceptors (Lipinski definition) is 3. The second kappa shape index (κ2) is 6.27. The van der Waals surface area contributed by atoms with Gasteiger partial charge in [0.05, 0.1) is 5.69 Å². The topological polar surface area (TPSA) is 47.6 Å². The predicted octanol–water partition coefficient (Wildman–Crippen LogP) is 4.09. The summed E-state index contributed by atoms with van der Waals surface area (Å²) in [4.78, 5) is 11.3. The first-order chi connectivity index (χ1) is 11.4. The quantitative estimate of drug-likeness (QED) is 0.860. The number of ether oxygens (including phenoxy) is 2. The third-order valence-corrected chi connectivity index (χ3v) is 3.22. The minimum atomic E-state index is -4.70. The van der Waals surface area contributed by atoms with Gasteiger partial charge in [-0.2, -0.15) is 0 Å². The van der Waals surface area contributed by atoms with Crippen LogP contribution in [-0.4, -0.2) is 18.9 Å². The minimum Gasteiger partial charge on any atom is -0.482 e. The number of benzene rings is 2. The van der Waals surface area contributed by atoms with E-state index in [4.69, 9.17) is 4.74 Å². The molecule has 0 saturated heterocycles. The second-order valence-electron chi connectivity index (χ2n) is 5.04. The van der Waals surface area contributed by atoms with E-state index in [1.54, 1.807) is 24.3 Å². The molecule has 7 heteroatoms. The molecule has 0 aliphatic carbocycles. The molecular weight excluding hydrogens is 323 g/mol. The molecule has 1 aliphatic rings. The molecule has 1 heterocycles. The van der Waals surface area contributed by atoms with Gasteiger partial charge in [-0.25, -0.2) is 0 Å². The Kier molecular flexibility index (Phi) is 4.16. The molecule has 2 aromatic rings. The lowest BCUT2D eigenvalue weighted by Gasteiger charge is -2.17. The second-order valence-corrected chi connectivity index (χ2v) is 5.04. The fourth-order valence-corrected chi connectivity index (χ4v) is 2.18. The molecule has 1 aliphatic heterocycles. The van der Waals surface area contributed by atoms with Gasteiger partial charge in [0.2, 0.25) is 0 Å². The Bertz CT molecular complexity index is 783. The van der Waals surface area contributed by atoms with E-state index in [2.05, 4.69) is 10.1 Å². The Morgan fingerprint density at radius 1 is 1.04 bits per heavy atom. The van der Waals surface area contributed by atoms with Crippen LogP contribution in [0.15, 0.2) is 42.5 Å². The number of carbonyl (C=O) groups is 1. The molecule has 24 heavy (non-hydrogen) atoms. The van der Waals surface area contributed by atoms with Crippen LogP contribution in [0.3, 0.4) is 0 Å². The monoisotopic (exact) mass is 335 g/mol. The maximum atomic E-state index is 12.1. The zero-order chi connectivity index (χ0) is 17.2. The van der Waals surface area contributed by atoms with Crippen molar-refractivity contribution in [2.75, 3.05) is 11.9 Å². The number of alkyl halides is 3. The lowest BCUT2D eigenvalue weighted by Crippen LogP contribution is -2.25. The van der Waals surface area contributed by atoms with Crippen molar-refractivity contribution < 1.29 is 27.4 Å². The molecule has 0 spiro atoms. The number of carbonyl (C=O) groups excluding carboxylic acids is 1. The van der Waals surface area contributed by atoms with Gasteiger partial charge in [-0.3, -0.25) is 4.79 Å². The highest BCUT2D eigenvalue weighted by molar-refractivity contribution is 5.95. The van der Waals surface area contributed by atoms with Crippen LogP contribution in [0.2, 0.25) is 0 Å². The Morgan fingerprint density at radius 3 is 2.42 bits per heavy atom. The highest BCUT2D eigenvalue weighted by Crippen LogP contribution is 2.29. The molecule has 1 amide bonds. The van der Waals surface area contributed by atoms with Crippen LogP contribution in [0.25, 0.3) is 12.2 Å². The number of nitrogens with one attached hydrogen (secondary N) is 1. The van der Waals surface area contributed by atoms with E-state index in [1.165, 1.54) is 24.3 Å². The van der Waals surface area contributed by atoms with Crippen LogP contribution in [0, 0.1) is 0 Å². The smallest absolute Gasteiger partial charge is 0.482 e. The summed E-state index contributed by atoms with van der Waals surface area (Å²) < 4.78 is 45.4. The van der Waals surface area contributed by atoms with E-state index >= 15 is 0 Å². The molecule has 3 rings (SSSR count). The van der Waals surface area contributed by atoms with E-state index in [0.717, 1.165) is 5.56 Å². The molecule has 0 radical (unpaired) electrons. The molecular formula is C17H12F3NO3. The number of hydrogen-bond donors (Lipinski definition) is 1. The highest BCUT2D eigenvalue weighted by Gasteiger charge is 2.30. The Morgan fingerprint density at radius 2 is 1.71 bits per heavy atom. The van der Waals surface area contributed by atoms with Gasteiger partial charge in [-0.15, -0.1) is 13.2 Å². The summed E-state index contributed by atoms with van der Waals surface area (Å²) in [6.45, 7) is -0.00543. The average molecular weight is 335 g/mol. The Balaban J connectivity index is 1.72. The highest BCUT2D eigenvalue weighted by atomic mass is 19.4. The maximum absolute atomic E-state index is 12.1. The first-order valence-corrected chi connectivity index (χ1v) is 7.00. The molecule has 4 nitrogen and oxygen atoms in total. The molecule has 0 fully saturated rings. The third-order valence-electron chi connectivity index (χ3n) is 3.22. The zero-order valence-electron chi connectivity index (χ0n) is 12.3. The van der Waals surface area contributed by atoms with E-state index in [9.17, 15) is 18.0 Å². The van der Waals surface area contributed by atoms with Gasteiger partial charge >= 0.3 is 6.36 Å². The van der Waals surface area contributed by atoms with Crippen molar-refractivity contribution in [1.82, 2.24) is 0 Å². The van der Waals surface area contributed by atoms with Crippen LogP contribution in [-0.2, 0) is 4.79 Å². The fourth-order valence-electron chi connectivity index (χ4n) is 2.18. The van der Waals surface area contributed by atoms with Crippen molar-refractivity contribution in [2.24, 2.45) is 0 Å². The SMILES string of the molecule is O=C1COc2ccc(C=Cc3ccc(OC(F)(F)F)cc3)cc2N1. The molecule has 0 bridgehead atoms. The number of amides is 1. The summed E-state index contributed by atoms with van der Waals surface area (Å²) >= 11 is 0. The molecule has 1 N–H and O–H groups in total. The third kappa shape index (κ3) is 4.07. The van der Waals surface area contributed by atoms with Gasteiger partial charge in [0.1, 0.15) is 11.5 Å². The van der Waals surface area contributed by atoms with Crippen molar-refractivity contribution in [1.29, 1.82) is 0 Å². The Labute approximate surface area is 135 Å². The molecule has 0 aromatic heterocycles. The first-order valence-electron chi connectivity index (χ1n) is 7.00. The van der Waals surface area contributed by atoms with Crippen molar-refractivity contribution in [2.45, 2.75) is 6.36 Å². The zero-order valence-corrected chi connectivity index (χ0v) is 12.3. The van der Waals surface area contributed by atoms with Gasteiger partial charge in [0.15, 0.2) is 6.61 Å². The standard InChI is InChI=1S/C17H12F3NO3/c18-17(19,20)24-13-6-3-11(4-7-13)1-2-12-5-8-15-14(9-12)21-16(22)10-23-15/h1-9H,10H2,(H,21,22). The van der Waals surface area contributed by atoms with Crippen LogP contribution < -0.4 is 14.8 Å². The molecule has 0 saturated carbocycles. The van der Waals surface area contributed by atoms with Crippen LogP contribution in [0.5, 0.6) is 11.5 Å².